The molecule has 0 unspecified atom stereocenters. The van der Waals surface area contributed by atoms with Gasteiger partial charge >= 0.3 is 5.69 Å². The molecule has 0 spiro atoms. The van der Waals surface area contributed by atoms with Crippen LogP contribution in [-0.4, -0.2) is 58.0 Å². The summed E-state index contributed by atoms with van der Waals surface area (Å²) in [7, 11) is 0. The predicted octanol–water partition coefficient (Wildman–Crippen LogP) is -0.758. The number of aromatic nitrogens is 2. The van der Waals surface area contributed by atoms with Crippen molar-refractivity contribution >= 4 is 0 Å². The third-order valence-electron chi connectivity index (χ3n) is 4.50. The van der Waals surface area contributed by atoms with Crippen molar-refractivity contribution in [1.29, 1.82) is 0 Å². The summed E-state index contributed by atoms with van der Waals surface area (Å²) < 4.78 is 6.82. The second kappa shape index (κ2) is 5.75. The van der Waals surface area contributed by atoms with Crippen molar-refractivity contribution in [1.82, 2.24) is 14.5 Å². The molecule has 2 aliphatic rings. The van der Waals surface area contributed by atoms with Gasteiger partial charge in [0.05, 0.1) is 12.1 Å². The van der Waals surface area contributed by atoms with Crippen LogP contribution < -0.4 is 11.2 Å². The number of rotatable bonds is 2. The number of aryl methyl sites for hydroxylation is 1. The summed E-state index contributed by atoms with van der Waals surface area (Å²) in [6.07, 6.45) is 2.86. The Kier molecular flexibility index (Phi) is 3.97. The molecule has 0 bridgehead atoms. The van der Waals surface area contributed by atoms with E-state index in [-0.39, 0.29) is 11.6 Å². The molecule has 7 nitrogen and oxygen atoms in total. The van der Waals surface area contributed by atoms with Crippen molar-refractivity contribution in [2.45, 2.75) is 38.0 Å². The molecule has 0 aromatic carbocycles. The number of aromatic amines is 1. The van der Waals surface area contributed by atoms with E-state index < -0.39 is 11.8 Å². The molecule has 0 aliphatic carbocycles. The Balaban J connectivity index is 1.82. The third-order valence-corrected chi connectivity index (χ3v) is 4.50. The van der Waals surface area contributed by atoms with E-state index in [2.05, 4.69) is 9.88 Å². The van der Waals surface area contributed by atoms with Gasteiger partial charge in [0.15, 0.2) is 0 Å². The zero-order chi connectivity index (χ0) is 15.0. The Bertz CT molecular complexity index is 617. The summed E-state index contributed by atoms with van der Waals surface area (Å²) in [5.41, 5.74) is -0.347. The molecular formula is C14H21N3O4. The Labute approximate surface area is 122 Å². The van der Waals surface area contributed by atoms with E-state index in [1.165, 1.54) is 4.57 Å². The molecule has 2 N–H and O–H groups in total. The molecule has 2 atom stereocenters. The number of hydrogen-bond acceptors (Lipinski definition) is 5. The Morgan fingerprint density at radius 1 is 1.29 bits per heavy atom. The summed E-state index contributed by atoms with van der Waals surface area (Å²) in [4.78, 5) is 27.9. The lowest BCUT2D eigenvalue weighted by Gasteiger charge is -2.30. The second-order valence-corrected chi connectivity index (χ2v) is 5.91. The number of aliphatic hydroxyl groups is 1. The Morgan fingerprint density at radius 2 is 2.00 bits per heavy atom. The smallest absolute Gasteiger partial charge is 0.328 e. The maximum absolute atomic E-state index is 12.0. The normalized spacial score (nSPS) is 28.1. The molecular weight excluding hydrogens is 274 g/mol. The molecule has 2 fully saturated rings. The maximum Gasteiger partial charge on any atom is 0.328 e. The number of nitrogens with zero attached hydrogens (tertiary/aromatic N) is 2. The Hall–Kier alpha value is -1.44. The lowest BCUT2D eigenvalue weighted by molar-refractivity contribution is 0.0377. The van der Waals surface area contributed by atoms with E-state index in [0.717, 1.165) is 26.1 Å². The van der Waals surface area contributed by atoms with Crippen molar-refractivity contribution in [2.75, 3.05) is 26.3 Å². The average Bonchev–Trinajstić information content (AvgIpc) is 2.86. The zero-order valence-electron chi connectivity index (χ0n) is 12.1. The standard InChI is InChI=1S/C14H21N3O4/c1-9-6-17(14(20)15-13(9)19)11-7-16(8-12(11)18)10-2-4-21-5-3-10/h6,10-12,18H,2-5,7-8H2,1H3,(H,15,19,20)/t11-,12-/m0/s1. The van der Waals surface area contributed by atoms with Crippen LogP contribution in [0.15, 0.2) is 15.8 Å². The highest BCUT2D eigenvalue weighted by Crippen LogP contribution is 2.26. The van der Waals surface area contributed by atoms with E-state index in [0.29, 0.717) is 24.7 Å². The molecule has 2 aliphatic heterocycles. The van der Waals surface area contributed by atoms with E-state index >= 15 is 0 Å². The van der Waals surface area contributed by atoms with Crippen molar-refractivity contribution < 1.29 is 9.84 Å². The van der Waals surface area contributed by atoms with Crippen LogP contribution in [0.25, 0.3) is 0 Å². The summed E-state index contributed by atoms with van der Waals surface area (Å²) in [5, 5.41) is 10.3. The molecule has 2 saturated heterocycles. The quantitative estimate of drug-likeness (QED) is 0.749. The fraction of sp³-hybridized carbons (Fsp3) is 0.714. The van der Waals surface area contributed by atoms with Gasteiger partial charge in [0.1, 0.15) is 0 Å². The molecule has 3 heterocycles. The maximum atomic E-state index is 12.0. The van der Waals surface area contributed by atoms with Gasteiger partial charge in [0.25, 0.3) is 5.56 Å². The predicted molar refractivity (Wildman–Crippen MR) is 76.5 cm³/mol. The number of hydrogen-bond donors (Lipinski definition) is 2. The minimum atomic E-state index is -0.601. The first-order valence-corrected chi connectivity index (χ1v) is 7.38. The highest BCUT2D eigenvalue weighted by Gasteiger charge is 2.37. The van der Waals surface area contributed by atoms with Crippen molar-refractivity contribution in [3.05, 3.63) is 32.6 Å². The van der Waals surface area contributed by atoms with Gasteiger partial charge < -0.3 is 9.84 Å². The number of ether oxygens (including phenoxy) is 1. The summed E-state index contributed by atoms with van der Waals surface area (Å²) in [5.74, 6) is 0. The molecule has 1 aromatic rings. The third kappa shape index (κ3) is 2.81. The minimum absolute atomic E-state index is 0.309. The van der Waals surface area contributed by atoms with Gasteiger partial charge in [-0.05, 0) is 19.8 Å². The van der Waals surface area contributed by atoms with Crippen LogP contribution in [0.1, 0.15) is 24.4 Å². The second-order valence-electron chi connectivity index (χ2n) is 5.91. The topological polar surface area (TPSA) is 87.6 Å². The van der Waals surface area contributed by atoms with E-state index in [1.807, 2.05) is 0 Å². The molecule has 3 rings (SSSR count). The monoisotopic (exact) mass is 295 g/mol. The summed E-state index contributed by atoms with van der Waals surface area (Å²) in [6.45, 7) is 4.34. The summed E-state index contributed by atoms with van der Waals surface area (Å²) in [6, 6.07) is 0.0915. The first-order valence-electron chi connectivity index (χ1n) is 7.38. The van der Waals surface area contributed by atoms with Crippen molar-refractivity contribution in [3.8, 4) is 0 Å². The highest BCUT2D eigenvalue weighted by atomic mass is 16.5. The molecule has 0 saturated carbocycles. The molecule has 1 aromatic heterocycles. The molecule has 116 valence electrons. The van der Waals surface area contributed by atoms with Gasteiger partial charge in [-0.2, -0.15) is 0 Å². The first kappa shape index (κ1) is 14.5. The van der Waals surface area contributed by atoms with Crippen molar-refractivity contribution in [2.24, 2.45) is 0 Å². The van der Waals surface area contributed by atoms with Gasteiger partial charge in [0.2, 0.25) is 0 Å². The van der Waals surface area contributed by atoms with Crippen LogP contribution in [0.2, 0.25) is 0 Å². The van der Waals surface area contributed by atoms with Gasteiger partial charge in [-0.3, -0.25) is 19.2 Å². The van der Waals surface area contributed by atoms with Gasteiger partial charge in [-0.25, -0.2) is 4.79 Å². The summed E-state index contributed by atoms with van der Waals surface area (Å²) >= 11 is 0. The first-order chi connectivity index (χ1) is 10.1. The van der Waals surface area contributed by atoms with E-state index in [4.69, 9.17) is 4.74 Å². The number of H-pyrrole nitrogens is 1. The number of β-amino-alcohol motifs (C(OH)–C–C–N with tert-alkyl or cyclic N) is 1. The Morgan fingerprint density at radius 3 is 2.71 bits per heavy atom. The number of nitrogens with one attached hydrogen (secondary N) is 1. The number of aliphatic hydroxyl groups excluding tert-OH is 1. The molecule has 21 heavy (non-hydrogen) atoms. The van der Waals surface area contributed by atoms with Crippen LogP contribution in [-0.2, 0) is 4.74 Å². The lowest BCUT2D eigenvalue weighted by Crippen LogP contribution is -2.39. The fourth-order valence-corrected chi connectivity index (χ4v) is 3.25. The largest absolute Gasteiger partial charge is 0.390 e. The lowest BCUT2D eigenvalue weighted by atomic mass is 10.1. The van der Waals surface area contributed by atoms with Crippen LogP contribution >= 0.6 is 0 Å². The van der Waals surface area contributed by atoms with Crippen LogP contribution in [0, 0.1) is 6.92 Å². The SMILES string of the molecule is Cc1cn([C@H]2CN(C3CCOCC3)C[C@@H]2O)c(=O)[nH]c1=O. The van der Waals surface area contributed by atoms with E-state index in [9.17, 15) is 14.7 Å². The van der Waals surface area contributed by atoms with Gasteiger partial charge in [-0.1, -0.05) is 0 Å². The molecule has 0 amide bonds. The van der Waals surface area contributed by atoms with Crippen molar-refractivity contribution in [3.63, 3.8) is 0 Å². The number of likely N-dealkylation sites (tertiary alicyclic amines) is 1. The van der Waals surface area contributed by atoms with Gasteiger partial charge in [0, 0.05) is 44.1 Å². The molecule has 0 radical (unpaired) electrons. The highest BCUT2D eigenvalue weighted by molar-refractivity contribution is 5.04. The van der Waals surface area contributed by atoms with E-state index in [1.54, 1.807) is 13.1 Å². The minimum Gasteiger partial charge on any atom is -0.390 e. The average molecular weight is 295 g/mol. The fourth-order valence-electron chi connectivity index (χ4n) is 3.25. The van der Waals surface area contributed by atoms with Crippen LogP contribution in [0.4, 0.5) is 0 Å². The zero-order valence-corrected chi connectivity index (χ0v) is 12.1. The van der Waals surface area contributed by atoms with Crippen LogP contribution in [0.5, 0.6) is 0 Å². The van der Waals surface area contributed by atoms with Crippen LogP contribution in [0.3, 0.4) is 0 Å². The van der Waals surface area contributed by atoms with Gasteiger partial charge in [-0.15, -0.1) is 0 Å². The molecule has 7 heteroatoms.